The Kier molecular flexibility index (Phi) is 8.71. The van der Waals surface area contributed by atoms with Gasteiger partial charge in [-0.3, -0.25) is 9.59 Å². The fraction of sp³-hybridized carbons (Fsp3) is 0.240. The number of hydrogen-bond acceptors (Lipinski definition) is 6. The van der Waals surface area contributed by atoms with Gasteiger partial charge in [-0.1, -0.05) is 30.3 Å². The third-order valence-electron chi connectivity index (χ3n) is 4.79. The molecule has 0 bridgehead atoms. The molecular weight excluding hydrogens is 440 g/mol. The molecule has 1 unspecified atom stereocenters. The predicted octanol–water partition coefficient (Wildman–Crippen LogP) is 4.29. The monoisotopic (exact) mass is 466 g/mol. The number of esters is 1. The zero-order chi connectivity index (χ0) is 23.6. The number of ether oxygens (including phenoxy) is 1. The van der Waals surface area contributed by atoms with Crippen LogP contribution in [0.4, 0.5) is 5.69 Å². The van der Waals surface area contributed by atoms with Gasteiger partial charge in [0.05, 0.1) is 24.1 Å². The number of para-hydroxylation sites is 1. The van der Waals surface area contributed by atoms with Crippen molar-refractivity contribution in [3.63, 3.8) is 0 Å². The maximum Gasteiger partial charge on any atom is 0.340 e. The Bertz CT molecular complexity index is 1070. The average molecular weight is 467 g/mol. The largest absolute Gasteiger partial charge is 0.467 e. The Morgan fingerprint density at radius 1 is 1.03 bits per heavy atom. The Balaban J connectivity index is 1.59. The van der Waals surface area contributed by atoms with Gasteiger partial charge < -0.3 is 19.4 Å². The summed E-state index contributed by atoms with van der Waals surface area (Å²) in [5, 5.41) is 2.77. The van der Waals surface area contributed by atoms with Crippen molar-refractivity contribution in [1.29, 1.82) is 0 Å². The van der Waals surface area contributed by atoms with Crippen LogP contribution in [0.3, 0.4) is 0 Å². The van der Waals surface area contributed by atoms with Gasteiger partial charge >= 0.3 is 5.97 Å². The lowest BCUT2D eigenvalue weighted by atomic mass is 10.2. The maximum atomic E-state index is 12.9. The van der Waals surface area contributed by atoms with Gasteiger partial charge in [0, 0.05) is 17.1 Å². The highest BCUT2D eigenvalue weighted by Crippen LogP contribution is 2.24. The van der Waals surface area contributed by atoms with Gasteiger partial charge in [-0.05, 0) is 50.2 Å². The fourth-order valence-corrected chi connectivity index (χ4v) is 3.99. The summed E-state index contributed by atoms with van der Waals surface area (Å²) in [6.07, 6.45) is 0.580. The van der Waals surface area contributed by atoms with E-state index in [2.05, 4.69) is 5.32 Å². The molecule has 1 N–H and O–H groups in total. The quantitative estimate of drug-likeness (QED) is 0.354. The van der Waals surface area contributed by atoms with Gasteiger partial charge in [-0.15, -0.1) is 11.8 Å². The van der Waals surface area contributed by atoms with Gasteiger partial charge in [-0.25, -0.2) is 4.79 Å². The van der Waals surface area contributed by atoms with Crippen molar-refractivity contribution in [2.24, 2.45) is 0 Å². The van der Waals surface area contributed by atoms with E-state index in [0.717, 1.165) is 5.69 Å². The number of rotatable bonds is 10. The molecule has 3 aromatic rings. The summed E-state index contributed by atoms with van der Waals surface area (Å²) in [6, 6.07) is 19.6. The molecule has 0 aliphatic heterocycles. The fourth-order valence-electron chi connectivity index (χ4n) is 3.12. The number of nitrogens with zero attached hydrogens (tertiary/aromatic N) is 1. The topological polar surface area (TPSA) is 88.8 Å². The van der Waals surface area contributed by atoms with Gasteiger partial charge in [-0.2, -0.15) is 0 Å². The van der Waals surface area contributed by atoms with E-state index in [9.17, 15) is 14.4 Å². The van der Waals surface area contributed by atoms with Crippen LogP contribution in [-0.2, 0) is 20.9 Å². The molecular formula is C25H26N2O5S. The van der Waals surface area contributed by atoms with E-state index in [4.69, 9.17) is 9.15 Å². The number of carbonyl (C=O) groups is 3. The zero-order valence-electron chi connectivity index (χ0n) is 18.5. The van der Waals surface area contributed by atoms with Crippen LogP contribution in [0.25, 0.3) is 0 Å². The highest BCUT2D eigenvalue weighted by atomic mass is 32.2. The summed E-state index contributed by atoms with van der Waals surface area (Å²) >= 11 is 1.23. The molecule has 0 fully saturated rings. The van der Waals surface area contributed by atoms with Crippen LogP contribution in [0.5, 0.6) is 0 Å². The third-order valence-corrected chi connectivity index (χ3v) is 5.86. The first-order valence-electron chi connectivity index (χ1n) is 10.6. The number of furan rings is 1. The first-order valence-corrected chi connectivity index (χ1v) is 11.6. The van der Waals surface area contributed by atoms with Crippen molar-refractivity contribution in [2.45, 2.75) is 31.4 Å². The molecule has 2 amide bonds. The Labute approximate surface area is 197 Å². The van der Waals surface area contributed by atoms with Crippen LogP contribution in [0.1, 0.15) is 30.0 Å². The van der Waals surface area contributed by atoms with Crippen LogP contribution >= 0.6 is 11.8 Å². The average Bonchev–Trinajstić information content (AvgIpc) is 3.36. The molecule has 3 rings (SSSR count). The van der Waals surface area contributed by atoms with Crippen molar-refractivity contribution >= 4 is 35.2 Å². The summed E-state index contributed by atoms with van der Waals surface area (Å²) in [6.45, 7) is 4.17. The molecule has 33 heavy (non-hydrogen) atoms. The number of carbonyl (C=O) groups excluding carboxylic acids is 3. The summed E-state index contributed by atoms with van der Waals surface area (Å²) in [5.74, 6) is -0.326. The Morgan fingerprint density at radius 3 is 2.45 bits per heavy atom. The lowest BCUT2D eigenvalue weighted by Gasteiger charge is -2.24. The standard InChI is InChI=1S/C25H26N2O5S/c1-3-27(19-10-5-4-6-11-19)24(29)18(2)32-25(30)21-13-7-8-14-22(21)33-17-23(28)26-16-20-12-9-15-31-20/h4-15,18H,3,16-17H2,1-2H3,(H,26,28). The highest BCUT2D eigenvalue weighted by molar-refractivity contribution is 8.00. The number of nitrogens with one attached hydrogen (secondary N) is 1. The number of likely N-dealkylation sites (N-methyl/N-ethyl adjacent to an activating group) is 1. The molecule has 1 heterocycles. The Morgan fingerprint density at radius 2 is 1.76 bits per heavy atom. The lowest BCUT2D eigenvalue weighted by Crippen LogP contribution is -2.40. The zero-order valence-corrected chi connectivity index (χ0v) is 19.3. The van der Waals surface area contributed by atoms with Gasteiger partial charge in [0.1, 0.15) is 5.76 Å². The van der Waals surface area contributed by atoms with Crippen molar-refractivity contribution < 1.29 is 23.5 Å². The normalized spacial score (nSPS) is 11.5. The minimum atomic E-state index is -0.965. The molecule has 172 valence electrons. The second kappa shape index (κ2) is 11.9. The van der Waals surface area contributed by atoms with E-state index in [1.54, 1.807) is 54.5 Å². The summed E-state index contributed by atoms with van der Waals surface area (Å²) < 4.78 is 10.7. The highest BCUT2D eigenvalue weighted by Gasteiger charge is 2.25. The van der Waals surface area contributed by atoms with Crippen LogP contribution in [0.2, 0.25) is 0 Å². The lowest BCUT2D eigenvalue weighted by molar-refractivity contribution is -0.126. The molecule has 7 nitrogen and oxygen atoms in total. The number of anilines is 1. The Hall–Kier alpha value is -3.52. The van der Waals surface area contributed by atoms with E-state index in [-0.39, 0.29) is 17.6 Å². The molecule has 0 aliphatic carbocycles. The van der Waals surface area contributed by atoms with E-state index >= 15 is 0 Å². The van der Waals surface area contributed by atoms with Crippen molar-refractivity contribution in [3.8, 4) is 0 Å². The van der Waals surface area contributed by atoms with E-state index in [1.165, 1.54) is 11.8 Å². The van der Waals surface area contributed by atoms with Crippen LogP contribution < -0.4 is 10.2 Å². The smallest absolute Gasteiger partial charge is 0.340 e. The number of hydrogen-bond donors (Lipinski definition) is 1. The minimum Gasteiger partial charge on any atom is -0.467 e. The van der Waals surface area contributed by atoms with E-state index < -0.39 is 12.1 Å². The molecule has 2 aromatic carbocycles. The molecule has 1 atom stereocenters. The minimum absolute atomic E-state index is 0.122. The molecule has 0 saturated carbocycles. The number of benzene rings is 2. The molecule has 0 spiro atoms. The SMILES string of the molecule is CCN(C(=O)C(C)OC(=O)c1ccccc1SCC(=O)NCc1ccco1)c1ccccc1. The van der Waals surface area contributed by atoms with Crippen molar-refractivity contribution in [1.82, 2.24) is 5.32 Å². The maximum absolute atomic E-state index is 12.9. The summed E-state index contributed by atoms with van der Waals surface area (Å²) in [5.41, 5.74) is 1.05. The molecule has 0 saturated heterocycles. The molecule has 8 heteroatoms. The van der Waals surface area contributed by atoms with Crippen LogP contribution in [0, 0.1) is 0 Å². The van der Waals surface area contributed by atoms with E-state index in [0.29, 0.717) is 29.3 Å². The van der Waals surface area contributed by atoms with Crippen LogP contribution in [-0.4, -0.2) is 36.2 Å². The van der Waals surface area contributed by atoms with Gasteiger partial charge in [0.25, 0.3) is 5.91 Å². The van der Waals surface area contributed by atoms with Crippen molar-refractivity contribution in [3.05, 3.63) is 84.3 Å². The van der Waals surface area contributed by atoms with Gasteiger partial charge in [0.2, 0.25) is 5.91 Å². The van der Waals surface area contributed by atoms with Crippen molar-refractivity contribution in [2.75, 3.05) is 17.2 Å². The second-order valence-corrected chi connectivity index (χ2v) is 8.12. The number of amides is 2. The second-order valence-electron chi connectivity index (χ2n) is 7.11. The first-order chi connectivity index (χ1) is 16.0. The first kappa shape index (κ1) is 24.1. The van der Waals surface area contributed by atoms with Gasteiger partial charge in [0.15, 0.2) is 6.10 Å². The van der Waals surface area contributed by atoms with E-state index in [1.807, 2.05) is 37.3 Å². The van der Waals surface area contributed by atoms with Crippen LogP contribution in [0.15, 0.2) is 82.3 Å². The number of thioether (sulfide) groups is 1. The third kappa shape index (κ3) is 6.73. The molecule has 0 radical (unpaired) electrons. The summed E-state index contributed by atoms with van der Waals surface area (Å²) in [7, 11) is 0. The molecule has 1 aromatic heterocycles. The summed E-state index contributed by atoms with van der Waals surface area (Å²) in [4.78, 5) is 40.1. The predicted molar refractivity (Wildman–Crippen MR) is 127 cm³/mol. The molecule has 0 aliphatic rings.